The van der Waals surface area contributed by atoms with Crippen molar-refractivity contribution in [2.24, 2.45) is 0 Å². The number of halogens is 2. The molecule has 0 aliphatic carbocycles. The lowest BCUT2D eigenvalue weighted by Crippen LogP contribution is -2.43. The molecular weight excluding hydrogens is 278 g/mol. The van der Waals surface area contributed by atoms with Gasteiger partial charge in [0, 0.05) is 11.3 Å². The van der Waals surface area contributed by atoms with Crippen molar-refractivity contribution >= 4 is 17.5 Å². The molecule has 1 aromatic carbocycles. The Kier molecular flexibility index (Phi) is 3.04. The Labute approximate surface area is 119 Å². The minimum absolute atomic E-state index is 0.216. The smallest absolute Gasteiger partial charge is 0.328 e. The molecule has 1 aromatic heterocycles. The molecule has 3 rings (SSSR count). The molecule has 2 aromatic rings. The van der Waals surface area contributed by atoms with Gasteiger partial charge in [0.1, 0.15) is 29.0 Å². The van der Waals surface area contributed by atoms with E-state index in [9.17, 15) is 13.6 Å². The molecule has 5 nitrogen and oxygen atoms in total. The summed E-state index contributed by atoms with van der Waals surface area (Å²) in [5.74, 6) is -1.01. The molecule has 7 heteroatoms. The third kappa shape index (κ3) is 2.10. The summed E-state index contributed by atoms with van der Waals surface area (Å²) >= 11 is 0. The van der Waals surface area contributed by atoms with Crippen LogP contribution in [-0.4, -0.2) is 16.0 Å². The fraction of sp³-hybridized carbons (Fsp3) is 0.214. The normalized spacial score (nSPS) is 13.9. The Morgan fingerprint density at radius 1 is 1.19 bits per heavy atom. The van der Waals surface area contributed by atoms with Crippen LogP contribution < -0.4 is 10.2 Å². The highest BCUT2D eigenvalue weighted by molar-refractivity contribution is 6.01. The van der Waals surface area contributed by atoms with Gasteiger partial charge in [-0.05, 0) is 26.0 Å². The monoisotopic (exact) mass is 290 g/mol. The first-order chi connectivity index (χ1) is 9.99. The van der Waals surface area contributed by atoms with Crippen molar-refractivity contribution in [1.82, 2.24) is 15.3 Å². The molecule has 0 radical (unpaired) electrons. The zero-order chi connectivity index (χ0) is 15.1. The van der Waals surface area contributed by atoms with Crippen molar-refractivity contribution in [2.75, 3.05) is 4.90 Å². The molecule has 0 fully saturated rings. The van der Waals surface area contributed by atoms with Gasteiger partial charge >= 0.3 is 6.03 Å². The number of para-hydroxylation sites is 1. The molecule has 2 amide bonds. The van der Waals surface area contributed by atoms with Gasteiger partial charge in [0.2, 0.25) is 0 Å². The maximum absolute atomic E-state index is 14.0. The van der Waals surface area contributed by atoms with Gasteiger partial charge in [0.15, 0.2) is 0 Å². The average molecular weight is 290 g/mol. The minimum Gasteiger partial charge on any atom is -0.333 e. The summed E-state index contributed by atoms with van der Waals surface area (Å²) in [4.78, 5) is 21.4. The second kappa shape index (κ2) is 4.76. The molecule has 0 saturated carbocycles. The Hall–Kier alpha value is -2.57. The molecule has 2 heterocycles. The molecule has 1 N–H and O–H groups in total. The van der Waals surface area contributed by atoms with E-state index in [0.717, 1.165) is 17.0 Å². The average Bonchev–Trinajstić information content (AvgIpc) is 2.40. The SMILES string of the molecule is Cc1nc(C)c2c(n1)N(c1c(F)cccc1F)C(=O)NC2. The van der Waals surface area contributed by atoms with E-state index >= 15 is 0 Å². The first-order valence-electron chi connectivity index (χ1n) is 6.35. The number of nitrogens with one attached hydrogen (secondary N) is 1. The number of amides is 2. The molecule has 1 aliphatic heterocycles. The van der Waals surface area contributed by atoms with Crippen LogP contribution in [-0.2, 0) is 6.54 Å². The summed E-state index contributed by atoms with van der Waals surface area (Å²) in [6, 6.07) is 2.82. The number of carbonyl (C=O) groups is 1. The third-order valence-electron chi connectivity index (χ3n) is 3.30. The van der Waals surface area contributed by atoms with Crippen LogP contribution in [0.25, 0.3) is 0 Å². The van der Waals surface area contributed by atoms with Crippen molar-refractivity contribution in [1.29, 1.82) is 0 Å². The largest absolute Gasteiger partial charge is 0.333 e. The molecule has 1 aliphatic rings. The van der Waals surface area contributed by atoms with E-state index in [4.69, 9.17) is 0 Å². The Morgan fingerprint density at radius 2 is 1.86 bits per heavy atom. The standard InChI is InChI=1S/C14H12F2N4O/c1-7-9-6-17-14(21)20(13(9)19-8(2)18-7)12-10(15)4-3-5-11(12)16/h3-5H,6H2,1-2H3,(H,17,21). The number of hydrogen-bond donors (Lipinski definition) is 1. The van der Waals surface area contributed by atoms with E-state index in [-0.39, 0.29) is 12.4 Å². The molecule has 108 valence electrons. The number of fused-ring (bicyclic) bond motifs is 1. The van der Waals surface area contributed by atoms with E-state index in [1.54, 1.807) is 13.8 Å². The lowest BCUT2D eigenvalue weighted by Gasteiger charge is -2.30. The second-order valence-electron chi connectivity index (χ2n) is 4.72. The van der Waals surface area contributed by atoms with Crippen molar-refractivity contribution in [3.8, 4) is 0 Å². The van der Waals surface area contributed by atoms with E-state index in [0.29, 0.717) is 17.1 Å². The van der Waals surface area contributed by atoms with Crippen LogP contribution in [0.15, 0.2) is 18.2 Å². The van der Waals surface area contributed by atoms with Crippen LogP contribution in [0.2, 0.25) is 0 Å². The van der Waals surface area contributed by atoms with Crippen LogP contribution in [0.1, 0.15) is 17.1 Å². The number of aromatic nitrogens is 2. The third-order valence-corrected chi connectivity index (χ3v) is 3.30. The van der Waals surface area contributed by atoms with E-state index in [1.807, 2.05) is 0 Å². The fourth-order valence-corrected chi connectivity index (χ4v) is 2.36. The molecule has 0 bridgehead atoms. The minimum atomic E-state index is -0.827. The van der Waals surface area contributed by atoms with Gasteiger partial charge in [-0.15, -0.1) is 0 Å². The second-order valence-corrected chi connectivity index (χ2v) is 4.72. The zero-order valence-electron chi connectivity index (χ0n) is 11.4. The van der Waals surface area contributed by atoms with Crippen molar-refractivity contribution in [3.05, 3.63) is 46.9 Å². The van der Waals surface area contributed by atoms with Gasteiger partial charge in [-0.25, -0.2) is 28.4 Å². The van der Waals surface area contributed by atoms with Crippen LogP contribution in [0.5, 0.6) is 0 Å². The Morgan fingerprint density at radius 3 is 2.52 bits per heavy atom. The maximum Gasteiger partial charge on any atom is 0.328 e. The molecule has 0 unspecified atom stereocenters. The van der Waals surface area contributed by atoms with Crippen molar-refractivity contribution in [2.45, 2.75) is 20.4 Å². The molecule has 0 spiro atoms. The highest BCUT2D eigenvalue weighted by Gasteiger charge is 2.32. The summed E-state index contributed by atoms with van der Waals surface area (Å²) in [6.45, 7) is 3.66. The van der Waals surface area contributed by atoms with Gasteiger partial charge in [-0.2, -0.15) is 0 Å². The van der Waals surface area contributed by atoms with E-state index < -0.39 is 23.4 Å². The van der Waals surface area contributed by atoms with Crippen molar-refractivity contribution < 1.29 is 13.6 Å². The lowest BCUT2D eigenvalue weighted by atomic mass is 10.1. The molecule has 0 saturated heterocycles. The maximum atomic E-state index is 14.0. The summed E-state index contributed by atoms with van der Waals surface area (Å²) in [5, 5.41) is 2.58. The number of anilines is 2. The highest BCUT2D eigenvalue weighted by Crippen LogP contribution is 2.34. The van der Waals surface area contributed by atoms with Gasteiger partial charge in [0.05, 0.1) is 6.54 Å². The first kappa shape index (κ1) is 13.4. The summed E-state index contributed by atoms with van der Waals surface area (Å²) in [5.41, 5.74) is 0.871. The topological polar surface area (TPSA) is 58.1 Å². The van der Waals surface area contributed by atoms with E-state index in [1.165, 1.54) is 6.07 Å². The van der Waals surface area contributed by atoms with E-state index in [2.05, 4.69) is 15.3 Å². The van der Waals surface area contributed by atoms with Gasteiger partial charge < -0.3 is 5.32 Å². The Bertz CT molecular complexity index is 728. The van der Waals surface area contributed by atoms with Crippen molar-refractivity contribution in [3.63, 3.8) is 0 Å². The lowest BCUT2D eigenvalue weighted by molar-refractivity contribution is 0.246. The molecular formula is C14H12F2N4O. The Balaban J connectivity index is 2.27. The molecule has 21 heavy (non-hydrogen) atoms. The predicted octanol–water partition coefficient (Wildman–Crippen LogP) is 2.73. The fourth-order valence-electron chi connectivity index (χ4n) is 2.36. The van der Waals surface area contributed by atoms with Gasteiger partial charge in [-0.1, -0.05) is 6.07 Å². The number of nitrogens with zero attached hydrogens (tertiary/aromatic N) is 3. The van der Waals surface area contributed by atoms with Crippen LogP contribution in [0.4, 0.5) is 25.1 Å². The highest BCUT2D eigenvalue weighted by atomic mass is 19.1. The quantitative estimate of drug-likeness (QED) is 0.878. The van der Waals surface area contributed by atoms with Gasteiger partial charge in [-0.3, -0.25) is 0 Å². The predicted molar refractivity (Wildman–Crippen MR) is 72.2 cm³/mol. The number of carbonyl (C=O) groups excluding carboxylic acids is 1. The number of hydrogen-bond acceptors (Lipinski definition) is 3. The van der Waals surface area contributed by atoms with Crippen LogP contribution in [0, 0.1) is 25.5 Å². The number of rotatable bonds is 1. The van der Waals surface area contributed by atoms with Crippen LogP contribution >= 0.6 is 0 Å². The summed E-state index contributed by atoms with van der Waals surface area (Å²) in [7, 11) is 0. The number of benzene rings is 1. The summed E-state index contributed by atoms with van der Waals surface area (Å²) < 4.78 is 28.0. The number of urea groups is 1. The zero-order valence-corrected chi connectivity index (χ0v) is 11.4. The first-order valence-corrected chi connectivity index (χ1v) is 6.35. The summed E-state index contributed by atoms with van der Waals surface area (Å²) in [6.07, 6.45) is 0. The van der Waals surface area contributed by atoms with Crippen LogP contribution in [0.3, 0.4) is 0 Å². The van der Waals surface area contributed by atoms with Gasteiger partial charge in [0.25, 0.3) is 0 Å². The molecule has 0 atom stereocenters. The number of aryl methyl sites for hydroxylation is 2.